The molecule has 0 aliphatic heterocycles. The van der Waals surface area contributed by atoms with Crippen molar-refractivity contribution in [2.45, 2.75) is 127 Å². The molecule has 1 amide bonds. The molecule has 0 heterocycles. The van der Waals surface area contributed by atoms with E-state index in [1.165, 1.54) is 97.2 Å². The standard InChI is InChI=1S/C31H52BNO2/c1-5-7-22-29(15-6-2)35-25-30(34)33-31(3,4)24-23-26-16-13-20-28(21-14-17-26)32-27-18-11-9-8-10-12-19-27/h5-7,15,22,26-28,32H,1-2,8-14,16-21,23-25H2,3-4H3,(H,33,34)/b22-7-,29-15+. The maximum Gasteiger partial charge on any atom is 0.258 e. The van der Waals surface area contributed by atoms with Gasteiger partial charge in [-0.1, -0.05) is 126 Å². The van der Waals surface area contributed by atoms with Crippen LogP contribution in [0.25, 0.3) is 0 Å². The predicted molar refractivity (Wildman–Crippen MR) is 153 cm³/mol. The molecule has 1 N–H and O–H groups in total. The molecule has 4 heteroatoms. The lowest BCUT2D eigenvalue weighted by Crippen LogP contribution is -2.45. The van der Waals surface area contributed by atoms with Crippen LogP contribution in [0.5, 0.6) is 0 Å². The molecule has 3 nitrogen and oxygen atoms in total. The lowest BCUT2D eigenvalue weighted by Gasteiger charge is -2.31. The zero-order valence-corrected chi connectivity index (χ0v) is 22.9. The molecule has 35 heavy (non-hydrogen) atoms. The zero-order chi connectivity index (χ0) is 25.4. The molecule has 0 saturated heterocycles. The van der Waals surface area contributed by atoms with E-state index in [0.717, 1.165) is 24.0 Å². The molecule has 0 bridgehead atoms. The highest BCUT2D eigenvalue weighted by atomic mass is 16.5. The van der Waals surface area contributed by atoms with E-state index in [0.29, 0.717) is 5.76 Å². The second kappa shape index (κ2) is 16.9. The topological polar surface area (TPSA) is 38.3 Å². The van der Waals surface area contributed by atoms with Gasteiger partial charge < -0.3 is 10.1 Å². The second-order valence-electron chi connectivity index (χ2n) is 11.7. The van der Waals surface area contributed by atoms with Gasteiger partial charge in [0.1, 0.15) is 13.0 Å². The zero-order valence-electron chi connectivity index (χ0n) is 22.9. The van der Waals surface area contributed by atoms with Crippen LogP contribution >= 0.6 is 0 Å². The van der Waals surface area contributed by atoms with Gasteiger partial charge in [-0.2, -0.15) is 0 Å². The number of ether oxygens (including phenoxy) is 1. The van der Waals surface area contributed by atoms with Gasteiger partial charge in [-0.05, 0) is 44.8 Å². The SMILES string of the molecule is C=C/C=C\C(=C/C=C)OCC(=O)NC(C)(C)CCC1CCCC(BC2CCCCCCC2)CCC1. The highest BCUT2D eigenvalue weighted by Gasteiger charge is 2.25. The van der Waals surface area contributed by atoms with Crippen molar-refractivity contribution in [1.29, 1.82) is 0 Å². The average Bonchev–Trinajstić information content (AvgIpc) is 2.77. The van der Waals surface area contributed by atoms with E-state index in [2.05, 4.69) is 32.3 Å². The Kier molecular flexibility index (Phi) is 14.2. The molecule has 0 radical (unpaired) electrons. The Hall–Kier alpha value is -1.71. The fourth-order valence-corrected chi connectivity index (χ4v) is 6.07. The molecule has 0 aromatic rings. The molecule has 2 saturated carbocycles. The van der Waals surface area contributed by atoms with Crippen LogP contribution < -0.4 is 5.32 Å². The average molecular weight is 482 g/mol. The van der Waals surface area contributed by atoms with Crippen molar-refractivity contribution < 1.29 is 9.53 Å². The van der Waals surface area contributed by atoms with Crippen LogP contribution in [0.1, 0.15) is 110 Å². The van der Waals surface area contributed by atoms with Crippen LogP contribution in [0, 0.1) is 5.92 Å². The van der Waals surface area contributed by atoms with Crippen LogP contribution in [-0.4, -0.2) is 25.3 Å². The van der Waals surface area contributed by atoms with Crippen LogP contribution in [0.3, 0.4) is 0 Å². The van der Waals surface area contributed by atoms with E-state index in [1.54, 1.807) is 30.4 Å². The molecule has 2 fully saturated rings. The third kappa shape index (κ3) is 13.3. The van der Waals surface area contributed by atoms with Crippen molar-refractivity contribution in [1.82, 2.24) is 5.32 Å². The predicted octanol–water partition coefficient (Wildman–Crippen LogP) is 8.22. The fourth-order valence-electron chi connectivity index (χ4n) is 6.07. The Morgan fingerprint density at radius 1 is 0.914 bits per heavy atom. The smallest absolute Gasteiger partial charge is 0.258 e. The Balaban J connectivity index is 1.69. The molecule has 2 aliphatic rings. The number of hydrogen-bond acceptors (Lipinski definition) is 2. The normalized spacial score (nSPS) is 23.4. The molecule has 0 atom stereocenters. The first-order valence-electron chi connectivity index (χ1n) is 14.5. The highest BCUT2D eigenvalue weighted by Crippen LogP contribution is 2.36. The van der Waals surface area contributed by atoms with Crippen LogP contribution in [0.2, 0.25) is 11.6 Å². The van der Waals surface area contributed by atoms with E-state index in [-0.39, 0.29) is 18.1 Å². The molecular weight excluding hydrogens is 429 g/mol. The maximum atomic E-state index is 12.5. The Morgan fingerprint density at radius 2 is 1.51 bits per heavy atom. The minimum atomic E-state index is -0.219. The summed E-state index contributed by atoms with van der Waals surface area (Å²) in [5, 5.41) is 3.18. The molecular formula is C31H52BNO2. The fraction of sp³-hybridized carbons (Fsp3) is 0.710. The monoisotopic (exact) mass is 481 g/mol. The summed E-state index contributed by atoms with van der Waals surface area (Å²) in [4.78, 5) is 12.5. The van der Waals surface area contributed by atoms with Gasteiger partial charge in [0.25, 0.3) is 5.91 Å². The molecule has 2 rings (SSSR count). The van der Waals surface area contributed by atoms with Gasteiger partial charge in [0.15, 0.2) is 6.61 Å². The largest absolute Gasteiger partial charge is 0.484 e. The summed E-state index contributed by atoms with van der Waals surface area (Å²) in [6.07, 6.45) is 29.5. The van der Waals surface area contributed by atoms with Gasteiger partial charge in [-0.25, -0.2) is 0 Å². The number of carbonyl (C=O) groups is 1. The summed E-state index contributed by atoms with van der Waals surface area (Å²) in [6, 6.07) is 0. The third-order valence-electron chi connectivity index (χ3n) is 8.04. The van der Waals surface area contributed by atoms with Gasteiger partial charge in [0, 0.05) is 5.54 Å². The van der Waals surface area contributed by atoms with Crippen molar-refractivity contribution in [2.75, 3.05) is 6.61 Å². The van der Waals surface area contributed by atoms with Crippen molar-refractivity contribution in [3.05, 3.63) is 49.3 Å². The molecule has 196 valence electrons. The quantitative estimate of drug-likeness (QED) is 0.173. The molecule has 0 spiro atoms. The van der Waals surface area contributed by atoms with Crippen LogP contribution in [-0.2, 0) is 9.53 Å². The number of rotatable bonds is 12. The van der Waals surface area contributed by atoms with Gasteiger partial charge in [0.05, 0.1) is 0 Å². The van der Waals surface area contributed by atoms with Gasteiger partial charge >= 0.3 is 0 Å². The summed E-state index contributed by atoms with van der Waals surface area (Å²) in [5.41, 5.74) is -0.219. The molecule has 0 unspecified atom stereocenters. The summed E-state index contributed by atoms with van der Waals surface area (Å²) < 4.78 is 5.64. The number of nitrogens with one attached hydrogen (secondary N) is 1. The van der Waals surface area contributed by atoms with E-state index in [4.69, 9.17) is 4.74 Å². The Labute approximate surface area is 217 Å². The summed E-state index contributed by atoms with van der Waals surface area (Å²) >= 11 is 0. The van der Waals surface area contributed by atoms with Gasteiger partial charge in [0.2, 0.25) is 0 Å². The maximum absolute atomic E-state index is 12.5. The first kappa shape index (κ1) is 29.5. The lowest BCUT2D eigenvalue weighted by molar-refractivity contribution is -0.126. The summed E-state index contributed by atoms with van der Waals surface area (Å²) in [7, 11) is 1.50. The molecule has 0 aromatic heterocycles. The Morgan fingerprint density at radius 3 is 2.11 bits per heavy atom. The summed E-state index contributed by atoms with van der Waals surface area (Å²) in [5.74, 6) is 3.31. The third-order valence-corrected chi connectivity index (χ3v) is 8.04. The van der Waals surface area contributed by atoms with Crippen molar-refractivity contribution in [2.24, 2.45) is 5.92 Å². The minimum absolute atomic E-state index is 0.0103. The van der Waals surface area contributed by atoms with Crippen LogP contribution in [0.4, 0.5) is 0 Å². The first-order valence-corrected chi connectivity index (χ1v) is 14.5. The van der Waals surface area contributed by atoms with E-state index in [1.807, 2.05) is 0 Å². The van der Waals surface area contributed by atoms with E-state index < -0.39 is 0 Å². The Bertz CT molecular complexity index is 678. The number of carbonyl (C=O) groups excluding carboxylic acids is 1. The lowest BCUT2D eigenvalue weighted by atomic mass is 9.49. The number of hydrogen-bond donors (Lipinski definition) is 1. The van der Waals surface area contributed by atoms with Gasteiger partial charge in [-0.3, -0.25) is 4.79 Å². The number of amides is 1. The summed E-state index contributed by atoms with van der Waals surface area (Å²) in [6.45, 7) is 11.6. The van der Waals surface area contributed by atoms with E-state index >= 15 is 0 Å². The van der Waals surface area contributed by atoms with Crippen LogP contribution in [0.15, 0.2) is 49.3 Å². The van der Waals surface area contributed by atoms with Gasteiger partial charge in [-0.15, -0.1) is 0 Å². The molecule has 2 aliphatic carbocycles. The number of allylic oxidation sites excluding steroid dienone is 5. The van der Waals surface area contributed by atoms with Crippen molar-refractivity contribution in [3.63, 3.8) is 0 Å². The van der Waals surface area contributed by atoms with Crippen molar-refractivity contribution >= 4 is 13.2 Å². The first-order chi connectivity index (χ1) is 16.9. The highest BCUT2D eigenvalue weighted by molar-refractivity contribution is 6.39. The minimum Gasteiger partial charge on any atom is -0.484 e. The molecule has 0 aromatic carbocycles. The second-order valence-corrected chi connectivity index (χ2v) is 11.7. The van der Waals surface area contributed by atoms with E-state index in [9.17, 15) is 4.79 Å². The van der Waals surface area contributed by atoms with Crippen molar-refractivity contribution in [3.8, 4) is 0 Å².